The number of hydrogen-bond acceptors (Lipinski definition) is 5. The number of aromatic nitrogens is 1. The number of thiazole rings is 1. The summed E-state index contributed by atoms with van der Waals surface area (Å²) in [5.41, 5.74) is 1.03. The summed E-state index contributed by atoms with van der Waals surface area (Å²) in [6, 6.07) is 8.09. The van der Waals surface area contributed by atoms with Crippen molar-refractivity contribution in [2.75, 3.05) is 18.4 Å². The third-order valence-electron chi connectivity index (χ3n) is 4.78. The van der Waals surface area contributed by atoms with E-state index in [0.717, 1.165) is 33.4 Å². The third-order valence-corrected chi connectivity index (χ3v) is 6.73. The first-order chi connectivity index (χ1) is 12.6. The van der Waals surface area contributed by atoms with E-state index in [4.69, 9.17) is 0 Å². The molecule has 1 aromatic carbocycles. The average Bonchev–Trinajstić information content (AvgIpc) is 3.29. The van der Waals surface area contributed by atoms with E-state index >= 15 is 0 Å². The highest BCUT2D eigenvalue weighted by molar-refractivity contribution is 7.21. The zero-order chi connectivity index (χ0) is 18.1. The van der Waals surface area contributed by atoms with Gasteiger partial charge in [-0.05, 0) is 36.8 Å². The molecular weight excluding hydrogens is 366 g/mol. The van der Waals surface area contributed by atoms with Gasteiger partial charge in [0.2, 0.25) is 5.91 Å². The first-order valence-electron chi connectivity index (χ1n) is 8.61. The quantitative estimate of drug-likeness (QED) is 0.736. The molecule has 1 atom stereocenters. The van der Waals surface area contributed by atoms with Gasteiger partial charge < -0.3 is 10.2 Å². The minimum Gasteiger partial charge on any atom is -0.337 e. The van der Waals surface area contributed by atoms with Crippen molar-refractivity contribution in [2.24, 2.45) is 5.92 Å². The molecule has 1 N–H and O–H groups in total. The predicted molar refractivity (Wildman–Crippen MR) is 106 cm³/mol. The normalized spacial score (nSPS) is 17.4. The van der Waals surface area contributed by atoms with E-state index in [0.29, 0.717) is 18.2 Å². The molecule has 0 radical (unpaired) electrons. The maximum Gasteiger partial charge on any atom is 0.264 e. The summed E-state index contributed by atoms with van der Waals surface area (Å²) in [6.45, 7) is 3.17. The Morgan fingerprint density at radius 1 is 1.31 bits per heavy atom. The summed E-state index contributed by atoms with van der Waals surface area (Å²) in [4.78, 5) is 32.3. The van der Waals surface area contributed by atoms with Crippen LogP contribution in [0.4, 0.5) is 5.13 Å². The monoisotopic (exact) mass is 385 g/mol. The molecule has 5 nitrogen and oxygen atoms in total. The first-order valence-corrected chi connectivity index (χ1v) is 10.3. The molecule has 1 unspecified atom stereocenters. The number of rotatable bonds is 3. The van der Waals surface area contributed by atoms with Crippen molar-refractivity contribution in [3.8, 4) is 0 Å². The van der Waals surface area contributed by atoms with Gasteiger partial charge in [-0.3, -0.25) is 9.59 Å². The second-order valence-electron chi connectivity index (χ2n) is 6.47. The Morgan fingerprint density at radius 3 is 2.92 bits per heavy atom. The van der Waals surface area contributed by atoms with E-state index in [2.05, 4.69) is 16.4 Å². The Bertz CT molecular complexity index is 949. The number of piperidine rings is 1. The maximum atomic E-state index is 13.1. The third kappa shape index (κ3) is 3.24. The minimum atomic E-state index is -0.189. The summed E-state index contributed by atoms with van der Waals surface area (Å²) < 4.78 is 1.13. The Labute approximate surface area is 159 Å². The fourth-order valence-corrected chi connectivity index (χ4v) is 5.10. The first kappa shape index (κ1) is 17.2. The molecule has 3 heterocycles. The highest BCUT2D eigenvalue weighted by atomic mass is 32.1. The van der Waals surface area contributed by atoms with Crippen LogP contribution in [0.2, 0.25) is 0 Å². The number of thiophene rings is 1. The van der Waals surface area contributed by atoms with Gasteiger partial charge in [0.25, 0.3) is 5.91 Å². The van der Waals surface area contributed by atoms with Crippen molar-refractivity contribution in [2.45, 2.75) is 19.8 Å². The topological polar surface area (TPSA) is 62.3 Å². The van der Waals surface area contributed by atoms with E-state index < -0.39 is 0 Å². The number of likely N-dealkylation sites (tertiary alicyclic amines) is 1. The molecule has 0 saturated carbocycles. The molecule has 2 amide bonds. The van der Waals surface area contributed by atoms with E-state index in [1.165, 1.54) is 22.7 Å². The minimum absolute atomic E-state index is 0.0375. The summed E-state index contributed by atoms with van der Waals surface area (Å²) in [5.74, 6) is -0.202. The van der Waals surface area contributed by atoms with Gasteiger partial charge in [-0.25, -0.2) is 4.98 Å². The molecule has 0 aliphatic carbocycles. The average molecular weight is 386 g/mol. The molecule has 2 aromatic heterocycles. The lowest BCUT2D eigenvalue weighted by Crippen LogP contribution is -2.43. The highest BCUT2D eigenvalue weighted by Gasteiger charge is 2.30. The number of anilines is 1. The van der Waals surface area contributed by atoms with Crippen LogP contribution < -0.4 is 5.32 Å². The van der Waals surface area contributed by atoms with Gasteiger partial charge in [-0.1, -0.05) is 18.2 Å². The Kier molecular flexibility index (Phi) is 4.74. The van der Waals surface area contributed by atoms with Crippen LogP contribution in [0, 0.1) is 12.8 Å². The number of fused-ring (bicyclic) bond motifs is 1. The lowest BCUT2D eigenvalue weighted by molar-refractivity contribution is -0.121. The highest BCUT2D eigenvalue weighted by Crippen LogP contribution is 2.32. The summed E-state index contributed by atoms with van der Waals surface area (Å²) in [7, 11) is 0. The lowest BCUT2D eigenvalue weighted by Gasteiger charge is -2.31. The predicted octanol–water partition coefficient (Wildman–Crippen LogP) is 4.16. The van der Waals surface area contributed by atoms with Crippen molar-refractivity contribution in [1.82, 2.24) is 9.88 Å². The van der Waals surface area contributed by atoms with Crippen molar-refractivity contribution < 1.29 is 9.59 Å². The molecule has 0 bridgehead atoms. The fourth-order valence-electron chi connectivity index (χ4n) is 3.39. The fraction of sp³-hybridized carbons (Fsp3) is 0.316. The molecule has 7 heteroatoms. The van der Waals surface area contributed by atoms with E-state index in [9.17, 15) is 9.59 Å². The van der Waals surface area contributed by atoms with Gasteiger partial charge in [-0.2, -0.15) is 0 Å². The molecule has 1 fully saturated rings. The van der Waals surface area contributed by atoms with Crippen LogP contribution in [-0.4, -0.2) is 34.8 Å². The SMILES string of the molecule is Cc1c(C(=O)N2CCCC(C(=O)Nc3nccs3)C2)sc2ccccc12. The van der Waals surface area contributed by atoms with Gasteiger partial charge in [0.1, 0.15) is 0 Å². The number of carbonyl (C=O) groups excluding carboxylic acids is 2. The second kappa shape index (κ2) is 7.17. The van der Waals surface area contributed by atoms with Crippen LogP contribution in [0.5, 0.6) is 0 Å². The zero-order valence-electron chi connectivity index (χ0n) is 14.4. The Morgan fingerprint density at radius 2 is 2.15 bits per heavy atom. The van der Waals surface area contributed by atoms with Gasteiger partial charge in [-0.15, -0.1) is 22.7 Å². The maximum absolute atomic E-state index is 13.1. The van der Waals surface area contributed by atoms with Crippen LogP contribution in [0.25, 0.3) is 10.1 Å². The van der Waals surface area contributed by atoms with Crippen molar-refractivity contribution in [3.05, 3.63) is 46.3 Å². The molecule has 4 rings (SSSR count). The van der Waals surface area contributed by atoms with Crippen LogP contribution in [0.3, 0.4) is 0 Å². The largest absolute Gasteiger partial charge is 0.337 e. The number of nitrogens with zero attached hydrogens (tertiary/aromatic N) is 2. The molecule has 0 spiro atoms. The van der Waals surface area contributed by atoms with Crippen molar-refractivity contribution in [3.63, 3.8) is 0 Å². The molecule has 1 aliphatic rings. The molecule has 3 aromatic rings. The summed E-state index contributed by atoms with van der Waals surface area (Å²) >= 11 is 2.94. The van der Waals surface area contributed by atoms with E-state index in [-0.39, 0.29) is 17.7 Å². The number of benzene rings is 1. The Hall–Kier alpha value is -2.25. The molecule has 26 heavy (non-hydrogen) atoms. The van der Waals surface area contributed by atoms with Crippen LogP contribution >= 0.6 is 22.7 Å². The van der Waals surface area contributed by atoms with Crippen molar-refractivity contribution in [1.29, 1.82) is 0 Å². The molecular formula is C19H19N3O2S2. The summed E-state index contributed by atoms with van der Waals surface area (Å²) in [5, 5.41) is 6.43. The van der Waals surface area contributed by atoms with Gasteiger partial charge in [0.15, 0.2) is 5.13 Å². The number of amides is 2. The number of hydrogen-bond donors (Lipinski definition) is 1. The van der Waals surface area contributed by atoms with Gasteiger partial charge in [0, 0.05) is 29.4 Å². The van der Waals surface area contributed by atoms with Crippen LogP contribution in [0.1, 0.15) is 28.1 Å². The van der Waals surface area contributed by atoms with E-state index in [1.807, 2.05) is 35.4 Å². The van der Waals surface area contributed by atoms with Crippen LogP contribution in [-0.2, 0) is 4.79 Å². The second-order valence-corrected chi connectivity index (χ2v) is 8.42. The molecule has 1 saturated heterocycles. The number of carbonyl (C=O) groups is 2. The van der Waals surface area contributed by atoms with Crippen molar-refractivity contribution >= 4 is 49.7 Å². The van der Waals surface area contributed by atoms with Crippen LogP contribution in [0.15, 0.2) is 35.8 Å². The standard InChI is InChI=1S/C19H19N3O2S2/c1-12-14-6-2-3-7-15(14)26-16(12)18(24)22-9-4-5-13(11-22)17(23)21-19-20-8-10-25-19/h2-3,6-8,10,13H,4-5,9,11H2,1H3,(H,20,21,23). The van der Waals surface area contributed by atoms with Gasteiger partial charge in [0.05, 0.1) is 10.8 Å². The zero-order valence-corrected chi connectivity index (χ0v) is 16.0. The smallest absolute Gasteiger partial charge is 0.264 e. The van der Waals surface area contributed by atoms with Gasteiger partial charge >= 0.3 is 0 Å². The molecule has 134 valence electrons. The molecule has 1 aliphatic heterocycles. The Balaban J connectivity index is 1.50. The number of nitrogens with one attached hydrogen (secondary N) is 1. The van der Waals surface area contributed by atoms with E-state index in [1.54, 1.807) is 6.20 Å². The lowest BCUT2D eigenvalue weighted by atomic mass is 9.97. The summed E-state index contributed by atoms with van der Waals surface area (Å²) in [6.07, 6.45) is 3.30. The number of aryl methyl sites for hydroxylation is 1.